The summed E-state index contributed by atoms with van der Waals surface area (Å²) in [6, 6.07) is 12.7. The Morgan fingerprint density at radius 2 is 2.06 bits per heavy atom. The molecule has 1 atom stereocenters. The maximum atomic E-state index is 12.2. The standard InChI is InChI=1S/C26H24N6O4/c1-30-10-9-26(36,25(30)35)8-7-17-3-2-4-20(13-17)32-22-6-5-18(14-21(22)23(29-32)24(27)34)19-15-28-31(16-19)11-12-33/h2-6,13-16,33,36H,9-12H2,1H3,(H2,27,34)/t26-/m0/s1. The Kier molecular flexibility index (Phi) is 5.80. The van der Waals surface area contributed by atoms with Gasteiger partial charge in [-0.2, -0.15) is 10.2 Å². The highest BCUT2D eigenvalue weighted by Crippen LogP contribution is 2.28. The number of amides is 2. The summed E-state index contributed by atoms with van der Waals surface area (Å²) in [6.07, 6.45) is 3.75. The number of rotatable bonds is 5. The van der Waals surface area contributed by atoms with Gasteiger partial charge in [0.1, 0.15) is 0 Å². The van der Waals surface area contributed by atoms with Crippen LogP contribution in [-0.2, 0) is 11.3 Å². The molecule has 36 heavy (non-hydrogen) atoms. The van der Waals surface area contributed by atoms with Crippen molar-refractivity contribution in [2.75, 3.05) is 20.2 Å². The molecule has 2 aromatic heterocycles. The minimum absolute atomic E-state index is 0.0190. The van der Waals surface area contributed by atoms with E-state index in [0.717, 1.165) is 11.1 Å². The molecule has 182 valence electrons. The third-order valence-electron chi connectivity index (χ3n) is 6.22. The summed E-state index contributed by atoms with van der Waals surface area (Å²) in [6.45, 7) is 0.812. The van der Waals surface area contributed by atoms with Crippen molar-refractivity contribution in [2.24, 2.45) is 5.73 Å². The van der Waals surface area contributed by atoms with Gasteiger partial charge in [0, 0.05) is 42.7 Å². The number of likely N-dealkylation sites (N-methyl/N-ethyl adjacent to an activating group) is 1. The van der Waals surface area contributed by atoms with E-state index in [2.05, 4.69) is 22.0 Å². The molecule has 1 fully saturated rings. The summed E-state index contributed by atoms with van der Waals surface area (Å²) in [4.78, 5) is 25.9. The first-order valence-electron chi connectivity index (χ1n) is 11.4. The van der Waals surface area contributed by atoms with Gasteiger partial charge in [-0.05, 0) is 35.9 Å². The SMILES string of the molecule is CN1CC[C@@](O)(C#Cc2cccc(-n3nc(C(N)=O)c4cc(-c5cnn(CCO)c5)ccc43)c2)C1=O. The van der Waals surface area contributed by atoms with E-state index in [4.69, 9.17) is 10.8 Å². The third-order valence-corrected chi connectivity index (χ3v) is 6.22. The lowest BCUT2D eigenvalue weighted by Gasteiger charge is -2.13. The summed E-state index contributed by atoms with van der Waals surface area (Å²) in [7, 11) is 1.63. The number of hydrogen-bond acceptors (Lipinski definition) is 6. The van der Waals surface area contributed by atoms with Crippen molar-refractivity contribution in [3.05, 3.63) is 66.1 Å². The fraction of sp³-hybridized carbons (Fsp3) is 0.231. The van der Waals surface area contributed by atoms with Crippen LogP contribution in [0.5, 0.6) is 0 Å². The van der Waals surface area contributed by atoms with Crippen molar-refractivity contribution in [1.82, 2.24) is 24.5 Å². The van der Waals surface area contributed by atoms with Crippen LogP contribution in [0.4, 0.5) is 0 Å². The normalized spacial score (nSPS) is 17.4. The van der Waals surface area contributed by atoms with Crippen LogP contribution >= 0.6 is 0 Å². The molecule has 1 saturated heterocycles. The number of fused-ring (bicyclic) bond motifs is 1. The predicted molar refractivity (Wildman–Crippen MR) is 132 cm³/mol. The number of benzene rings is 2. The number of carbonyl (C=O) groups is 2. The maximum Gasteiger partial charge on any atom is 0.269 e. The van der Waals surface area contributed by atoms with Crippen molar-refractivity contribution in [3.8, 4) is 28.7 Å². The maximum absolute atomic E-state index is 12.2. The average molecular weight is 485 g/mol. The second-order valence-electron chi connectivity index (χ2n) is 8.71. The van der Waals surface area contributed by atoms with Gasteiger partial charge in [-0.1, -0.05) is 24.0 Å². The number of aliphatic hydroxyl groups excluding tert-OH is 1. The molecule has 1 aliphatic rings. The van der Waals surface area contributed by atoms with Gasteiger partial charge < -0.3 is 20.8 Å². The van der Waals surface area contributed by atoms with Gasteiger partial charge in [-0.15, -0.1) is 0 Å². The summed E-state index contributed by atoms with van der Waals surface area (Å²) in [5.74, 6) is 4.55. The average Bonchev–Trinajstić information content (AvgIpc) is 3.56. The van der Waals surface area contributed by atoms with Crippen LogP contribution in [-0.4, -0.2) is 72.3 Å². The number of primary amides is 1. The van der Waals surface area contributed by atoms with E-state index in [9.17, 15) is 14.7 Å². The van der Waals surface area contributed by atoms with Gasteiger partial charge in [-0.3, -0.25) is 14.3 Å². The highest BCUT2D eigenvalue weighted by molar-refractivity contribution is 6.05. The van der Waals surface area contributed by atoms with E-state index < -0.39 is 17.4 Å². The Hall–Kier alpha value is -4.46. The third kappa shape index (κ3) is 4.11. The van der Waals surface area contributed by atoms with Gasteiger partial charge >= 0.3 is 0 Å². The van der Waals surface area contributed by atoms with Crippen LogP contribution in [0.25, 0.3) is 27.7 Å². The number of nitrogens with zero attached hydrogens (tertiary/aromatic N) is 5. The Bertz CT molecular complexity index is 1560. The van der Waals surface area contributed by atoms with E-state index in [-0.39, 0.29) is 18.7 Å². The number of carbonyl (C=O) groups excluding carboxylic acids is 2. The summed E-state index contributed by atoms with van der Waals surface area (Å²) < 4.78 is 3.25. The molecule has 10 nitrogen and oxygen atoms in total. The molecule has 4 N–H and O–H groups in total. The lowest BCUT2D eigenvalue weighted by Crippen LogP contribution is -2.37. The topological polar surface area (TPSA) is 140 Å². The quantitative estimate of drug-likeness (QED) is 0.360. The molecule has 0 aliphatic carbocycles. The van der Waals surface area contributed by atoms with Crippen molar-refractivity contribution in [3.63, 3.8) is 0 Å². The molecule has 2 aromatic carbocycles. The first-order valence-corrected chi connectivity index (χ1v) is 11.4. The Labute approximate surface area is 206 Å². The smallest absolute Gasteiger partial charge is 0.269 e. The first-order chi connectivity index (χ1) is 17.3. The highest BCUT2D eigenvalue weighted by Gasteiger charge is 2.42. The predicted octanol–water partition coefficient (Wildman–Crippen LogP) is 0.925. The molecular formula is C26H24N6O4. The van der Waals surface area contributed by atoms with Crippen molar-refractivity contribution in [1.29, 1.82) is 0 Å². The number of aliphatic hydroxyl groups is 2. The second kappa shape index (κ2) is 8.96. The van der Waals surface area contributed by atoms with Crippen LogP contribution in [0.15, 0.2) is 54.9 Å². The molecule has 5 rings (SSSR count). The van der Waals surface area contributed by atoms with Crippen LogP contribution < -0.4 is 5.73 Å². The Morgan fingerprint density at radius 1 is 1.22 bits per heavy atom. The molecule has 0 radical (unpaired) electrons. The molecule has 0 spiro atoms. The molecule has 0 unspecified atom stereocenters. The fourth-order valence-corrected chi connectivity index (χ4v) is 4.27. The zero-order valence-corrected chi connectivity index (χ0v) is 19.5. The highest BCUT2D eigenvalue weighted by atomic mass is 16.3. The Balaban J connectivity index is 1.54. The van der Waals surface area contributed by atoms with Crippen molar-refractivity contribution < 1.29 is 19.8 Å². The molecule has 2 amide bonds. The zero-order valence-electron chi connectivity index (χ0n) is 19.5. The summed E-state index contributed by atoms with van der Waals surface area (Å²) >= 11 is 0. The van der Waals surface area contributed by atoms with Gasteiger partial charge in [0.15, 0.2) is 5.69 Å². The minimum atomic E-state index is -1.69. The monoisotopic (exact) mass is 484 g/mol. The molecule has 1 aliphatic heterocycles. The largest absolute Gasteiger partial charge is 0.394 e. The molecule has 3 heterocycles. The van der Waals surface area contributed by atoms with Gasteiger partial charge in [-0.25, -0.2) is 4.68 Å². The number of aromatic nitrogens is 4. The van der Waals surface area contributed by atoms with Crippen LogP contribution in [0.1, 0.15) is 22.5 Å². The van der Waals surface area contributed by atoms with E-state index in [1.54, 1.807) is 40.8 Å². The van der Waals surface area contributed by atoms with E-state index in [1.807, 2.05) is 30.5 Å². The van der Waals surface area contributed by atoms with Crippen LogP contribution in [0, 0.1) is 11.8 Å². The first kappa shape index (κ1) is 23.3. The number of nitrogens with two attached hydrogens (primary N) is 1. The van der Waals surface area contributed by atoms with E-state index >= 15 is 0 Å². The second-order valence-corrected chi connectivity index (χ2v) is 8.71. The summed E-state index contributed by atoms with van der Waals surface area (Å²) in [5, 5.41) is 29.0. The molecule has 10 heteroatoms. The Morgan fingerprint density at radius 3 is 2.78 bits per heavy atom. The van der Waals surface area contributed by atoms with Gasteiger partial charge in [0.2, 0.25) is 5.60 Å². The fourth-order valence-electron chi connectivity index (χ4n) is 4.27. The lowest BCUT2D eigenvalue weighted by molar-refractivity contribution is -0.137. The van der Waals surface area contributed by atoms with E-state index in [0.29, 0.717) is 35.2 Å². The molecular weight excluding hydrogens is 460 g/mol. The van der Waals surface area contributed by atoms with Gasteiger partial charge in [0.05, 0.1) is 30.6 Å². The zero-order chi connectivity index (χ0) is 25.4. The van der Waals surface area contributed by atoms with Crippen molar-refractivity contribution >= 4 is 22.7 Å². The number of likely N-dealkylation sites (tertiary alicyclic amines) is 1. The minimum Gasteiger partial charge on any atom is -0.394 e. The lowest BCUT2D eigenvalue weighted by atomic mass is 10.0. The van der Waals surface area contributed by atoms with Crippen molar-refractivity contribution in [2.45, 2.75) is 18.6 Å². The molecule has 4 aromatic rings. The summed E-state index contributed by atoms with van der Waals surface area (Å²) in [5.41, 5.74) is 7.64. The van der Waals surface area contributed by atoms with Crippen LogP contribution in [0.2, 0.25) is 0 Å². The number of hydrogen-bond donors (Lipinski definition) is 3. The molecule has 0 saturated carbocycles. The van der Waals surface area contributed by atoms with Gasteiger partial charge in [0.25, 0.3) is 11.8 Å². The molecule has 0 bridgehead atoms. The van der Waals surface area contributed by atoms with Crippen LogP contribution in [0.3, 0.4) is 0 Å². The van der Waals surface area contributed by atoms with E-state index in [1.165, 1.54) is 4.90 Å².